The molecule has 0 bridgehead atoms. The third kappa shape index (κ3) is 2.68. The summed E-state index contributed by atoms with van der Waals surface area (Å²) in [5.74, 6) is 2.34. The fourth-order valence-corrected chi connectivity index (χ4v) is 4.37. The first-order valence-electron chi connectivity index (χ1n) is 9.56. The zero-order valence-electron chi connectivity index (χ0n) is 15.1. The third-order valence-corrected chi connectivity index (χ3v) is 5.87. The third-order valence-electron chi connectivity index (χ3n) is 5.87. The van der Waals surface area contributed by atoms with Gasteiger partial charge in [-0.25, -0.2) is 9.97 Å². The minimum absolute atomic E-state index is 0.284. The molecule has 1 aliphatic carbocycles. The summed E-state index contributed by atoms with van der Waals surface area (Å²) in [6.45, 7) is 0.284. The lowest BCUT2D eigenvalue weighted by Crippen LogP contribution is -2.17. The van der Waals surface area contributed by atoms with Crippen molar-refractivity contribution < 1.29 is 5.11 Å². The van der Waals surface area contributed by atoms with Crippen LogP contribution in [0.2, 0.25) is 0 Å². The van der Waals surface area contributed by atoms with E-state index in [0.29, 0.717) is 17.7 Å². The van der Waals surface area contributed by atoms with Crippen molar-refractivity contribution in [1.29, 1.82) is 0 Å². The Morgan fingerprint density at radius 3 is 2.78 bits per heavy atom. The number of nitrogens with zero attached hydrogens (tertiary/aromatic N) is 3. The Morgan fingerprint density at radius 2 is 2.00 bits per heavy atom. The predicted molar refractivity (Wildman–Crippen MR) is 106 cm³/mol. The summed E-state index contributed by atoms with van der Waals surface area (Å²) in [6, 6.07) is 10.3. The number of para-hydroxylation sites is 1. The van der Waals surface area contributed by atoms with Crippen LogP contribution in [-0.2, 0) is 0 Å². The number of nitrogen functional groups attached to an aromatic ring is 1. The standard InChI is InChI=1S/C21H23N5O/c22-20-19-18(17-11-15-3-1-2-4-16(15)24-17)25-21(26(19)10-9-23-20)14-7-5-13(12-27)6-8-14/h1-4,9-11,13-14,24,27H,5-8,12H2,(H2,22,23). The molecule has 0 atom stereocenters. The van der Waals surface area contributed by atoms with E-state index in [9.17, 15) is 5.11 Å². The lowest BCUT2D eigenvalue weighted by Gasteiger charge is -2.26. The summed E-state index contributed by atoms with van der Waals surface area (Å²) in [7, 11) is 0. The molecule has 3 heterocycles. The van der Waals surface area contributed by atoms with Crippen LogP contribution in [0, 0.1) is 5.92 Å². The number of anilines is 1. The Hall–Kier alpha value is -2.86. The first-order chi connectivity index (χ1) is 13.2. The molecular weight excluding hydrogens is 338 g/mol. The first kappa shape index (κ1) is 16.3. The molecule has 138 valence electrons. The van der Waals surface area contributed by atoms with Crippen LogP contribution in [-0.4, -0.2) is 31.1 Å². The van der Waals surface area contributed by atoms with Gasteiger partial charge in [-0.15, -0.1) is 0 Å². The number of nitrogens with two attached hydrogens (primary N) is 1. The minimum Gasteiger partial charge on any atom is -0.396 e. The Balaban J connectivity index is 1.65. The van der Waals surface area contributed by atoms with E-state index >= 15 is 0 Å². The molecule has 4 N–H and O–H groups in total. The number of rotatable bonds is 3. The molecule has 6 heteroatoms. The molecule has 4 aromatic rings. The quantitative estimate of drug-likeness (QED) is 0.518. The molecule has 1 aromatic carbocycles. The highest BCUT2D eigenvalue weighted by molar-refractivity contribution is 5.91. The maximum atomic E-state index is 9.43. The summed E-state index contributed by atoms with van der Waals surface area (Å²) >= 11 is 0. The van der Waals surface area contributed by atoms with Crippen LogP contribution in [0.3, 0.4) is 0 Å². The highest BCUT2D eigenvalue weighted by Crippen LogP contribution is 2.38. The number of imidazole rings is 1. The second kappa shape index (κ2) is 6.39. The van der Waals surface area contributed by atoms with Gasteiger partial charge in [0.15, 0.2) is 0 Å². The predicted octanol–water partition coefficient (Wildman–Crippen LogP) is 3.73. The van der Waals surface area contributed by atoms with E-state index in [1.807, 2.05) is 18.3 Å². The van der Waals surface area contributed by atoms with Gasteiger partial charge >= 0.3 is 0 Å². The fourth-order valence-electron chi connectivity index (χ4n) is 4.37. The largest absolute Gasteiger partial charge is 0.396 e. The number of aliphatic hydroxyl groups is 1. The summed E-state index contributed by atoms with van der Waals surface area (Å²) in [5, 5.41) is 10.6. The molecular formula is C21H23N5O. The first-order valence-corrected chi connectivity index (χ1v) is 9.56. The SMILES string of the molecule is Nc1nccn2c(C3CCC(CO)CC3)nc(-c3cc4ccccc4[nH]3)c12. The molecule has 0 spiro atoms. The van der Waals surface area contributed by atoms with E-state index < -0.39 is 0 Å². The van der Waals surface area contributed by atoms with Crippen LogP contribution in [0.25, 0.3) is 27.8 Å². The lowest BCUT2D eigenvalue weighted by atomic mass is 9.82. The molecule has 6 nitrogen and oxygen atoms in total. The van der Waals surface area contributed by atoms with E-state index in [4.69, 9.17) is 10.7 Å². The van der Waals surface area contributed by atoms with Gasteiger partial charge < -0.3 is 15.8 Å². The molecule has 5 rings (SSSR count). The normalized spacial score (nSPS) is 20.5. The number of aromatic amines is 1. The monoisotopic (exact) mass is 361 g/mol. The van der Waals surface area contributed by atoms with Crippen molar-refractivity contribution in [3.63, 3.8) is 0 Å². The molecule has 0 radical (unpaired) electrons. The average Bonchev–Trinajstić information content (AvgIpc) is 3.30. The van der Waals surface area contributed by atoms with Gasteiger partial charge in [0.05, 0.1) is 5.69 Å². The molecule has 1 saturated carbocycles. The van der Waals surface area contributed by atoms with Crippen LogP contribution >= 0.6 is 0 Å². The van der Waals surface area contributed by atoms with Crippen LogP contribution in [0.4, 0.5) is 5.82 Å². The molecule has 0 aliphatic heterocycles. The number of fused-ring (bicyclic) bond motifs is 2. The van der Waals surface area contributed by atoms with Gasteiger partial charge in [-0.3, -0.25) is 4.40 Å². The summed E-state index contributed by atoms with van der Waals surface area (Å²) in [4.78, 5) is 12.8. The molecule has 1 fully saturated rings. The van der Waals surface area contributed by atoms with Gasteiger partial charge in [0.25, 0.3) is 0 Å². The summed E-state index contributed by atoms with van der Waals surface area (Å²) in [5.41, 5.74) is 10.0. The Kier molecular flexibility index (Phi) is 3.86. The molecule has 0 amide bonds. The second-order valence-electron chi connectivity index (χ2n) is 7.52. The topological polar surface area (TPSA) is 92.2 Å². The number of H-pyrrole nitrogens is 1. The highest BCUT2D eigenvalue weighted by atomic mass is 16.3. The molecule has 0 unspecified atom stereocenters. The highest BCUT2D eigenvalue weighted by Gasteiger charge is 2.27. The fraction of sp³-hybridized carbons (Fsp3) is 0.333. The van der Waals surface area contributed by atoms with E-state index in [-0.39, 0.29) is 6.61 Å². The van der Waals surface area contributed by atoms with Gasteiger partial charge in [0.1, 0.15) is 22.9 Å². The van der Waals surface area contributed by atoms with Crippen LogP contribution in [0.15, 0.2) is 42.7 Å². The number of hydrogen-bond donors (Lipinski definition) is 3. The minimum atomic E-state index is 0.284. The smallest absolute Gasteiger partial charge is 0.150 e. The van der Waals surface area contributed by atoms with Crippen LogP contribution < -0.4 is 5.73 Å². The molecule has 3 aromatic heterocycles. The molecule has 0 saturated heterocycles. The van der Waals surface area contributed by atoms with Crippen molar-refractivity contribution in [2.45, 2.75) is 31.6 Å². The molecule has 1 aliphatic rings. The van der Waals surface area contributed by atoms with Gasteiger partial charge in [0, 0.05) is 35.8 Å². The lowest BCUT2D eigenvalue weighted by molar-refractivity contribution is 0.181. The van der Waals surface area contributed by atoms with Crippen molar-refractivity contribution in [2.24, 2.45) is 5.92 Å². The summed E-state index contributed by atoms with van der Waals surface area (Å²) in [6.07, 6.45) is 7.86. The van der Waals surface area contributed by atoms with Crippen molar-refractivity contribution >= 4 is 22.2 Å². The Labute approximate surface area is 157 Å². The Bertz CT molecular complexity index is 1070. The van der Waals surface area contributed by atoms with Crippen LogP contribution in [0.5, 0.6) is 0 Å². The average molecular weight is 361 g/mol. The second-order valence-corrected chi connectivity index (χ2v) is 7.52. The number of aromatic nitrogens is 4. The van der Waals surface area contributed by atoms with Crippen molar-refractivity contribution in [2.75, 3.05) is 12.3 Å². The van der Waals surface area contributed by atoms with Gasteiger partial charge in [-0.1, -0.05) is 18.2 Å². The zero-order chi connectivity index (χ0) is 18.4. The van der Waals surface area contributed by atoms with Crippen molar-refractivity contribution in [1.82, 2.24) is 19.4 Å². The van der Waals surface area contributed by atoms with Gasteiger partial charge in [-0.2, -0.15) is 0 Å². The van der Waals surface area contributed by atoms with Crippen molar-refractivity contribution in [3.05, 3.63) is 48.5 Å². The molecule has 27 heavy (non-hydrogen) atoms. The van der Waals surface area contributed by atoms with E-state index in [1.54, 1.807) is 6.20 Å². The maximum absolute atomic E-state index is 9.43. The van der Waals surface area contributed by atoms with Crippen LogP contribution in [0.1, 0.15) is 37.4 Å². The maximum Gasteiger partial charge on any atom is 0.150 e. The number of nitrogens with one attached hydrogen (secondary N) is 1. The van der Waals surface area contributed by atoms with Gasteiger partial charge in [-0.05, 0) is 43.7 Å². The Morgan fingerprint density at radius 1 is 1.19 bits per heavy atom. The number of hydrogen-bond acceptors (Lipinski definition) is 4. The summed E-state index contributed by atoms with van der Waals surface area (Å²) < 4.78 is 2.10. The zero-order valence-corrected chi connectivity index (χ0v) is 15.1. The number of benzene rings is 1. The van der Waals surface area contributed by atoms with E-state index in [1.165, 1.54) is 0 Å². The number of aliphatic hydroxyl groups excluding tert-OH is 1. The van der Waals surface area contributed by atoms with E-state index in [2.05, 4.69) is 32.6 Å². The van der Waals surface area contributed by atoms with E-state index in [0.717, 1.165) is 59.3 Å². The van der Waals surface area contributed by atoms with Gasteiger partial charge in [0.2, 0.25) is 0 Å². The van der Waals surface area contributed by atoms with Crippen molar-refractivity contribution in [3.8, 4) is 11.4 Å².